The summed E-state index contributed by atoms with van der Waals surface area (Å²) in [4.78, 5) is 26.6. The molecule has 1 aromatic rings. The second kappa shape index (κ2) is 9.26. The van der Waals surface area contributed by atoms with E-state index in [0.29, 0.717) is 31.0 Å². The summed E-state index contributed by atoms with van der Waals surface area (Å²) >= 11 is 0. The first-order valence-corrected chi connectivity index (χ1v) is 10.9. The Balaban J connectivity index is 1.30. The fraction of sp³-hybridized carbons (Fsp3) is 0.652. The number of esters is 2. The van der Waals surface area contributed by atoms with Crippen molar-refractivity contribution in [2.75, 3.05) is 26.7 Å². The van der Waals surface area contributed by atoms with Crippen LogP contribution in [-0.2, 0) is 25.7 Å². The third-order valence-corrected chi connectivity index (χ3v) is 7.01. The number of piperidine rings is 1. The number of methoxy groups -OCH3 is 1. The molecule has 0 radical (unpaired) electrons. The van der Waals surface area contributed by atoms with E-state index < -0.39 is 0 Å². The number of benzene rings is 1. The summed E-state index contributed by atoms with van der Waals surface area (Å²) in [5.74, 6) is 0.806. The predicted octanol–water partition coefficient (Wildman–Crippen LogP) is 2.37. The molecule has 6 heteroatoms. The summed E-state index contributed by atoms with van der Waals surface area (Å²) in [5, 5.41) is 3.82. The standard InChI is InChI=1S/C23H32N2O4/c1-28-20(26)14-25-11-9-19(10-12-25)24-22-18-8-7-17(13-18)21(22)23(27)29-15-16-5-3-2-4-6-16/h2-6,17-19,21-22,24H,7-15H2,1H3/t17-,18-,21+,22+/m0/s1. The molecule has 158 valence electrons. The molecule has 1 aliphatic heterocycles. The van der Waals surface area contributed by atoms with Crippen LogP contribution in [0.5, 0.6) is 0 Å². The van der Waals surface area contributed by atoms with E-state index in [-0.39, 0.29) is 23.9 Å². The van der Waals surface area contributed by atoms with Gasteiger partial charge in [0.15, 0.2) is 0 Å². The maximum Gasteiger partial charge on any atom is 0.319 e. The fourth-order valence-electron chi connectivity index (χ4n) is 5.47. The molecule has 0 aromatic heterocycles. The smallest absolute Gasteiger partial charge is 0.319 e. The highest BCUT2D eigenvalue weighted by atomic mass is 16.5. The van der Waals surface area contributed by atoms with Crippen LogP contribution in [-0.4, -0.2) is 55.7 Å². The van der Waals surface area contributed by atoms with Crippen molar-refractivity contribution in [3.8, 4) is 0 Å². The number of ether oxygens (including phenoxy) is 2. The molecule has 1 N–H and O–H groups in total. The fourth-order valence-corrected chi connectivity index (χ4v) is 5.47. The van der Waals surface area contributed by atoms with E-state index in [4.69, 9.17) is 9.47 Å². The molecule has 0 spiro atoms. The summed E-state index contributed by atoms with van der Waals surface area (Å²) in [6, 6.07) is 10.5. The number of rotatable bonds is 7. The molecule has 1 aromatic carbocycles. The van der Waals surface area contributed by atoms with Crippen molar-refractivity contribution in [3.05, 3.63) is 35.9 Å². The van der Waals surface area contributed by atoms with Crippen LogP contribution in [0.25, 0.3) is 0 Å². The Morgan fingerprint density at radius 3 is 2.52 bits per heavy atom. The maximum atomic E-state index is 12.9. The lowest BCUT2D eigenvalue weighted by Crippen LogP contribution is -2.52. The van der Waals surface area contributed by atoms with E-state index in [1.54, 1.807) is 0 Å². The van der Waals surface area contributed by atoms with Gasteiger partial charge in [-0.15, -0.1) is 0 Å². The van der Waals surface area contributed by atoms with Gasteiger partial charge in [0.25, 0.3) is 0 Å². The second-order valence-corrected chi connectivity index (χ2v) is 8.77. The maximum absolute atomic E-state index is 12.9. The van der Waals surface area contributed by atoms with E-state index in [2.05, 4.69) is 10.2 Å². The van der Waals surface area contributed by atoms with Crippen molar-refractivity contribution in [1.82, 2.24) is 10.2 Å². The Kier molecular flexibility index (Phi) is 6.50. The lowest BCUT2D eigenvalue weighted by Gasteiger charge is -2.37. The third kappa shape index (κ3) is 4.81. The van der Waals surface area contributed by atoms with Gasteiger partial charge < -0.3 is 14.8 Å². The van der Waals surface area contributed by atoms with E-state index in [1.165, 1.54) is 13.5 Å². The van der Waals surface area contributed by atoms with Crippen molar-refractivity contribution < 1.29 is 19.1 Å². The Morgan fingerprint density at radius 2 is 1.79 bits per heavy atom. The molecule has 4 atom stereocenters. The molecule has 1 heterocycles. The average molecular weight is 401 g/mol. The Hall–Kier alpha value is -1.92. The molecule has 2 saturated carbocycles. The van der Waals surface area contributed by atoms with Gasteiger partial charge in [0.1, 0.15) is 6.61 Å². The zero-order valence-electron chi connectivity index (χ0n) is 17.2. The quantitative estimate of drug-likeness (QED) is 0.709. The Bertz CT molecular complexity index is 702. The van der Waals surface area contributed by atoms with Gasteiger partial charge in [-0.25, -0.2) is 0 Å². The van der Waals surface area contributed by atoms with Crippen molar-refractivity contribution in [2.24, 2.45) is 17.8 Å². The van der Waals surface area contributed by atoms with Crippen LogP contribution in [0.2, 0.25) is 0 Å². The van der Waals surface area contributed by atoms with Crippen LogP contribution in [0.3, 0.4) is 0 Å². The summed E-state index contributed by atoms with van der Waals surface area (Å²) in [6.45, 7) is 2.49. The van der Waals surface area contributed by atoms with Crippen molar-refractivity contribution >= 4 is 11.9 Å². The lowest BCUT2D eigenvalue weighted by atomic mass is 9.83. The molecule has 2 bridgehead atoms. The molecule has 4 rings (SSSR count). The van der Waals surface area contributed by atoms with Crippen LogP contribution in [0, 0.1) is 17.8 Å². The van der Waals surface area contributed by atoms with E-state index in [0.717, 1.165) is 44.3 Å². The highest BCUT2D eigenvalue weighted by Gasteiger charge is 2.52. The molecule has 29 heavy (non-hydrogen) atoms. The van der Waals surface area contributed by atoms with Gasteiger partial charge in [-0.2, -0.15) is 0 Å². The SMILES string of the molecule is COC(=O)CN1CCC(N[C@@H]2[C@H]3CC[C@@H](C3)[C@H]2C(=O)OCc2ccccc2)CC1. The average Bonchev–Trinajstić information content (AvgIpc) is 3.36. The van der Waals surface area contributed by atoms with Crippen molar-refractivity contribution in [1.29, 1.82) is 0 Å². The number of hydrogen-bond donors (Lipinski definition) is 1. The Labute approximate surface area is 172 Å². The van der Waals surface area contributed by atoms with Gasteiger partial charge in [-0.1, -0.05) is 30.3 Å². The minimum Gasteiger partial charge on any atom is -0.468 e. The number of likely N-dealkylation sites (tertiary alicyclic amines) is 1. The van der Waals surface area contributed by atoms with Crippen LogP contribution >= 0.6 is 0 Å². The summed E-state index contributed by atoms with van der Waals surface area (Å²) in [5.41, 5.74) is 1.03. The van der Waals surface area contributed by atoms with Gasteiger partial charge in [-0.3, -0.25) is 14.5 Å². The van der Waals surface area contributed by atoms with E-state index in [1.807, 2.05) is 30.3 Å². The van der Waals surface area contributed by atoms with Gasteiger partial charge in [0.05, 0.1) is 19.6 Å². The van der Waals surface area contributed by atoms with Gasteiger partial charge in [-0.05, 0) is 49.5 Å². The largest absolute Gasteiger partial charge is 0.468 e. The molecule has 0 unspecified atom stereocenters. The molecule has 0 amide bonds. The first-order chi connectivity index (χ1) is 14.1. The van der Waals surface area contributed by atoms with Crippen LogP contribution in [0.1, 0.15) is 37.7 Å². The number of nitrogens with zero attached hydrogens (tertiary/aromatic N) is 1. The lowest BCUT2D eigenvalue weighted by molar-refractivity contribution is -0.153. The van der Waals surface area contributed by atoms with Gasteiger partial charge in [0.2, 0.25) is 0 Å². The molecular formula is C23H32N2O4. The second-order valence-electron chi connectivity index (χ2n) is 8.77. The van der Waals surface area contributed by atoms with Gasteiger partial charge >= 0.3 is 11.9 Å². The van der Waals surface area contributed by atoms with Crippen LogP contribution in [0.15, 0.2) is 30.3 Å². The predicted molar refractivity (Wildman–Crippen MR) is 109 cm³/mol. The molecule has 3 aliphatic rings. The third-order valence-electron chi connectivity index (χ3n) is 7.01. The number of carbonyl (C=O) groups excluding carboxylic acids is 2. The minimum absolute atomic E-state index is 0.0226. The zero-order chi connectivity index (χ0) is 20.2. The van der Waals surface area contributed by atoms with Gasteiger partial charge in [0, 0.05) is 25.2 Å². The number of carbonyl (C=O) groups is 2. The number of hydrogen-bond acceptors (Lipinski definition) is 6. The Morgan fingerprint density at radius 1 is 1.07 bits per heavy atom. The monoisotopic (exact) mass is 400 g/mol. The van der Waals surface area contributed by atoms with Crippen molar-refractivity contribution in [2.45, 2.75) is 50.8 Å². The normalized spacial score (nSPS) is 29.7. The van der Waals surface area contributed by atoms with Crippen molar-refractivity contribution in [3.63, 3.8) is 0 Å². The first-order valence-electron chi connectivity index (χ1n) is 10.9. The highest BCUT2D eigenvalue weighted by molar-refractivity contribution is 5.74. The molecule has 6 nitrogen and oxygen atoms in total. The summed E-state index contributed by atoms with van der Waals surface area (Å²) in [7, 11) is 1.43. The number of fused-ring (bicyclic) bond motifs is 2. The molecular weight excluding hydrogens is 368 g/mol. The van der Waals surface area contributed by atoms with E-state index in [9.17, 15) is 9.59 Å². The zero-order valence-corrected chi connectivity index (χ0v) is 17.2. The summed E-state index contributed by atoms with van der Waals surface area (Å²) < 4.78 is 10.5. The topological polar surface area (TPSA) is 67.9 Å². The van der Waals surface area contributed by atoms with Crippen LogP contribution < -0.4 is 5.32 Å². The highest BCUT2D eigenvalue weighted by Crippen LogP contribution is 2.49. The molecule has 1 saturated heterocycles. The van der Waals surface area contributed by atoms with E-state index >= 15 is 0 Å². The van der Waals surface area contributed by atoms with Crippen LogP contribution in [0.4, 0.5) is 0 Å². The summed E-state index contributed by atoms with van der Waals surface area (Å²) in [6.07, 6.45) is 5.49. The number of nitrogens with one attached hydrogen (secondary N) is 1. The minimum atomic E-state index is -0.175. The molecule has 3 fully saturated rings. The first kappa shape index (κ1) is 20.4. The molecule has 2 aliphatic carbocycles.